The zero-order chi connectivity index (χ0) is 37.4. The number of fused-ring (bicyclic) bond motifs is 1. The van der Waals surface area contributed by atoms with Gasteiger partial charge in [-0.05, 0) is 48.6 Å². The van der Waals surface area contributed by atoms with Crippen LogP contribution in [-0.4, -0.2) is 100 Å². The van der Waals surface area contributed by atoms with E-state index >= 15 is 0 Å². The van der Waals surface area contributed by atoms with Gasteiger partial charge in [0.1, 0.15) is 12.1 Å². The van der Waals surface area contributed by atoms with Gasteiger partial charge in [-0.25, -0.2) is 0 Å². The lowest BCUT2D eigenvalue weighted by molar-refractivity contribution is -0.145. The molecule has 0 saturated carbocycles. The maximum absolute atomic E-state index is 14.3. The van der Waals surface area contributed by atoms with Crippen LogP contribution in [0.25, 0.3) is 10.9 Å². The number of likely N-dealkylation sites (N-methyl/N-ethyl adjacent to an activating group) is 1. The maximum Gasteiger partial charge on any atom is 0.305 e. The molecule has 0 bridgehead atoms. The minimum absolute atomic E-state index is 0.0637. The fraction of sp³-hybridized carbons (Fsp3) is 0.389. The van der Waals surface area contributed by atoms with Crippen LogP contribution in [0.15, 0.2) is 54.7 Å². The summed E-state index contributed by atoms with van der Waals surface area (Å²) >= 11 is 0. The van der Waals surface area contributed by atoms with E-state index in [1.165, 1.54) is 24.1 Å². The Morgan fingerprint density at radius 2 is 1.63 bits per heavy atom. The second kappa shape index (κ2) is 16.7. The Morgan fingerprint density at radius 3 is 2.27 bits per heavy atom. The third-order valence-electron chi connectivity index (χ3n) is 8.81. The maximum atomic E-state index is 14.3. The van der Waals surface area contributed by atoms with Gasteiger partial charge in [0.25, 0.3) is 5.91 Å². The van der Waals surface area contributed by atoms with E-state index in [4.69, 9.17) is 5.41 Å². The van der Waals surface area contributed by atoms with E-state index in [1.807, 2.05) is 24.3 Å². The number of carboxylic acid groups (broad SMARTS) is 1. The molecule has 1 saturated heterocycles. The number of para-hydroxylation sites is 1. The number of hydrogen-bond donors (Lipinski definition) is 7. The summed E-state index contributed by atoms with van der Waals surface area (Å²) in [5.41, 5.74) is 2.70. The number of hydrogen-bond acceptors (Lipinski definition) is 8. The summed E-state index contributed by atoms with van der Waals surface area (Å²) in [5, 5.41) is 28.1. The van der Waals surface area contributed by atoms with Crippen LogP contribution in [0.5, 0.6) is 0 Å². The summed E-state index contributed by atoms with van der Waals surface area (Å²) in [6.07, 6.45) is 0.593. The quantitative estimate of drug-likeness (QED) is 0.160. The molecule has 7 N–H and O–H groups in total. The Kier molecular flexibility index (Phi) is 12.4. The topological polar surface area (TPSA) is 231 Å². The second-order valence-electron chi connectivity index (χ2n) is 13.0. The molecule has 1 aliphatic heterocycles. The van der Waals surface area contributed by atoms with Gasteiger partial charge in [0.05, 0.1) is 19.0 Å². The Labute approximate surface area is 294 Å². The van der Waals surface area contributed by atoms with E-state index in [9.17, 15) is 38.7 Å². The van der Waals surface area contributed by atoms with Crippen molar-refractivity contribution < 1.29 is 38.7 Å². The van der Waals surface area contributed by atoms with Crippen molar-refractivity contribution in [3.05, 3.63) is 71.4 Å². The number of ketones is 1. The molecule has 4 atom stereocenters. The summed E-state index contributed by atoms with van der Waals surface area (Å²) in [7, 11) is 1.42. The first-order valence-electron chi connectivity index (χ1n) is 16.5. The second-order valence-corrected chi connectivity index (χ2v) is 13.0. The van der Waals surface area contributed by atoms with Gasteiger partial charge in [0.15, 0.2) is 5.78 Å². The van der Waals surface area contributed by atoms with Crippen LogP contribution in [-0.2, 0) is 35.2 Å². The molecule has 2 heterocycles. The molecule has 0 unspecified atom stereocenters. The Morgan fingerprint density at radius 1 is 0.961 bits per heavy atom. The smallest absolute Gasteiger partial charge is 0.305 e. The van der Waals surface area contributed by atoms with Gasteiger partial charge >= 0.3 is 5.97 Å². The van der Waals surface area contributed by atoms with Crippen molar-refractivity contribution in [1.29, 1.82) is 5.41 Å². The highest BCUT2D eigenvalue weighted by atomic mass is 16.4. The monoisotopic (exact) mass is 701 g/mol. The number of carbonyl (C=O) groups is 7. The van der Waals surface area contributed by atoms with Gasteiger partial charge in [-0.15, -0.1) is 0 Å². The zero-order valence-electron chi connectivity index (χ0n) is 28.9. The molecule has 0 radical (unpaired) electrons. The molecule has 5 amide bonds. The SMILES string of the molecule is CC(=N)c1ccc(C(=O)NC[C@@H]2NC(=O)[C@H](C(C)C)N(C)C(=O)[C@@H](Cc3c[nH]c4ccccc34)CC(=O)[C@H](CC(=O)O)NC(=O)CNC2=O)cc1. The number of aliphatic carboxylic acids is 1. The molecule has 2 aromatic carbocycles. The summed E-state index contributed by atoms with van der Waals surface area (Å²) in [5.74, 6) is -7.15. The van der Waals surface area contributed by atoms with Crippen LogP contribution < -0.4 is 21.3 Å². The lowest BCUT2D eigenvalue weighted by Crippen LogP contribution is -2.59. The number of nitrogens with one attached hydrogen (secondary N) is 6. The van der Waals surface area contributed by atoms with Crippen LogP contribution in [0.2, 0.25) is 0 Å². The van der Waals surface area contributed by atoms with Gasteiger partial charge in [-0.1, -0.05) is 44.2 Å². The number of benzene rings is 2. The Hall–Kier alpha value is -5.86. The average molecular weight is 702 g/mol. The minimum Gasteiger partial charge on any atom is -0.481 e. The first-order chi connectivity index (χ1) is 24.2. The summed E-state index contributed by atoms with van der Waals surface area (Å²) < 4.78 is 0. The molecule has 1 aliphatic rings. The van der Waals surface area contributed by atoms with Crippen molar-refractivity contribution in [2.45, 2.75) is 58.2 Å². The van der Waals surface area contributed by atoms with Crippen molar-refractivity contribution in [3.63, 3.8) is 0 Å². The number of rotatable bonds is 9. The van der Waals surface area contributed by atoms with Crippen molar-refractivity contribution in [1.82, 2.24) is 31.2 Å². The molecule has 0 aliphatic carbocycles. The van der Waals surface area contributed by atoms with Gasteiger partial charge in [0, 0.05) is 54.3 Å². The molecule has 270 valence electrons. The first kappa shape index (κ1) is 38.0. The molecule has 51 heavy (non-hydrogen) atoms. The third-order valence-corrected chi connectivity index (χ3v) is 8.81. The van der Waals surface area contributed by atoms with Crippen molar-refractivity contribution in [3.8, 4) is 0 Å². The predicted octanol–water partition coefficient (Wildman–Crippen LogP) is 1.16. The van der Waals surface area contributed by atoms with E-state index in [-0.39, 0.29) is 12.0 Å². The third kappa shape index (κ3) is 9.65. The number of aromatic amines is 1. The average Bonchev–Trinajstić information content (AvgIpc) is 3.49. The van der Waals surface area contributed by atoms with Gasteiger partial charge in [-0.2, -0.15) is 0 Å². The van der Waals surface area contributed by atoms with E-state index in [0.29, 0.717) is 11.3 Å². The lowest BCUT2D eigenvalue weighted by atomic mass is 9.89. The fourth-order valence-corrected chi connectivity index (χ4v) is 6.14. The molecule has 3 aromatic rings. The normalized spacial score (nSPS) is 21.0. The highest BCUT2D eigenvalue weighted by molar-refractivity contribution is 6.00. The molecule has 1 fully saturated rings. The molecular weight excluding hydrogens is 658 g/mol. The fourth-order valence-electron chi connectivity index (χ4n) is 6.14. The van der Waals surface area contributed by atoms with Crippen molar-refractivity contribution in [2.75, 3.05) is 20.1 Å². The van der Waals surface area contributed by atoms with E-state index < -0.39 is 97.2 Å². The Bertz CT molecular complexity index is 1830. The Balaban J connectivity index is 1.67. The summed E-state index contributed by atoms with van der Waals surface area (Å²) in [6.45, 7) is 3.97. The molecular formula is C36H43N7O8. The zero-order valence-corrected chi connectivity index (χ0v) is 28.9. The van der Waals surface area contributed by atoms with Crippen LogP contribution in [0.1, 0.15) is 55.1 Å². The van der Waals surface area contributed by atoms with Gasteiger partial charge in [0.2, 0.25) is 23.6 Å². The number of H-pyrrole nitrogens is 1. The molecule has 4 rings (SSSR count). The molecule has 1 aromatic heterocycles. The van der Waals surface area contributed by atoms with Crippen molar-refractivity contribution >= 4 is 57.9 Å². The minimum atomic E-state index is -1.50. The van der Waals surface area contributed by atoms with E-state index in [0.717, 1.165) is 16.5 Å². The highest BCUT2D eigenvalue weighted by Gasteiger charge is 2.38. The number of Topliss-reactive ketones (excluding diaryl/α,β-unsaturated/α-hetero) is 1. The standard InChI is InChI=1S/C36H43N7O8/c1-19(2)32-35(50)42-28(17-39-33(48)22-11-9-21(10-12-22)20(3)37)34(49)40-18-30(45)41-27(15-31(46)47)29(44)14-23(36(51)43(32)4)13-24-16-38-26-8-6-5-7-25(24)26/h5-12,16,19,23,27-28,32,37-38H,13-15,17-18H2,1-4H3,(H,39,48)(H,40,49)(H,41,45)(H,42,50)(H,46,47)/t23-,27-,28-,32-/m0/s1. The van der Waals surface area contributed by atoms with E-state index in [2.05, 4.69) is 26.3 Å². The van der Waals surface area contributed by atoms with Crippen LogP contribution >= 0.6 is 0 Å². The summed E-state index contributed by atoms with van der Waals surface area (Å²) in [4.78, 5) is 97.1. The number of aromatic nitrogens is 1. The van der Waals surface area contributed by atoms with Gasteiger partial charge < -0.3 is 41.7 Å². The van der Waals surface area contributed by atoms with Crippen LogP contribution in [0, 0.1) is 17.2 Å². The number of amides is 5. The highest BCUT2D eigenvalue weighted by Crippen LogP contribution is 2.25. The molecule has 15 heteroatoms. The van der Waals surface area contributed by atoms with E-state index in [1.54, 1.807) is 39.1 Å². The predicted molar refractivity (Wildman–Crippen MR) is 187 cm³/mol. The van der Waals surface area contributed by atoms with Gasteiger partial charge in [-0.3, -0.25) is 33.6 Å². The molecule has 15 nitrogen and oxygen atoms in total. The van der Waals surface area contributed by atoms with Crippen LogP contribution in [0.4, 0.5) is 0 Å². The lowest BCUT2D eigenvalue weighted by Gasteiger charge is -2.34. The van der Waals surface area contributed by atoms with Crippen molar-refractivity contribution in [2.24, 2.45) is 11.8 Å². The summed E-state index contributed by atoms with van der Waals surface area (Å²) in [6, 6.07) is 9.59. The number of carbonyl (C=O) groups excluding carboxylic acids is 6. The first-order valence-corrected chi connectivity index (χ1v) is 16.5. The number of carboxylic acids is 1. The van der Waals surface area contributed by atoms with Crippen LogP contribution in [0.3, 0.4) is 0 Å². The largest absolute Gasteiger partial charge is 0.481 e. The molecule has 0 spiro atoms. The number of nitrogens with zero attached hydrogens (tertiary/aromatic N) is 1.